The molecule has 2 bridgehead atoms. The van der Waals surface area contributed by atoms with E-state index in [9.17, 15) is 0 Å². The van der Waals surface area contributed by atoms with E-state index < -0.39 is 0 Å². The zero-order valence-corrected chi connectivity index (χ0v) is 19.6. The van der Waals surface area contributed by atoms with E-state index >= 15 is 0 Å². The van der Waals surface area contributed by atoms with Crippen LogP contribution in [0.5, 0.6) is 0 Å². The summed E-state index contributed by atoms with van der Waals surface area (Å²) in [6.45, 7) is 6.51. The molecule has 3 N–H and O–H groups in total. The van der Waals surface area contributed by atoms with E-state index in [1.54, 1.807) is 13.5 Å². The lowest BCUT2D eigenvalue weighted by atomic mass is 9.69. The molecule has 0 aromatic carbocycles. The summed E-state index contributed by atoms with van der Waals surface area (Å²) in [5.41, 5.74) is 4.03. The third-order valence-electron chi connectivity index (χ3n) is 6.94. The van der Waals surface area contributed by atoms with Crippen molar-refractivity contribution in [1.82, 2.24) is 4.90 Å². The average molecular weight is 403 g/mol. The highest BCUT2D eigenvalue weighted by Crippen LogP contribution is 2.43. The van der Waals surface area contributed by atoms with Crippen molar-refractivity contribution in [2.24, 2.45) is 5.41 Å². The van der Waals surface area contributed by atoms with Crippen LogP contribution in [0.1, 0.15) is 122 Å². The van der Waals surface area contributed by atoms with Crippen molar-refractivity contribution in [1.29, 1.82) is 0 Å². The lowest BCUT2D eigenvalue weighted by Crippen LogP contribution is -3.00. The van der Waals surface area contributed by atoms with Gasteiger partial charge in [-0.15, -0.1) is 0 Å². The number of fused-ring (bicyclic) bond motifs is 3. The van der Waals surface area contributed by atoms with Gasteiger partial charge < -0.3 is 23.0 Å². The average Bonchev–Trinajstić information content (AvgIpc) is 2.71. The first-order chi connectivity index (χ1) is 12.8. The van der Waals surface area contributed by atoms with Crippen LogP contribution in [-0.4, -0.2) is 31.6 Å². The molecule has 0 saturated carbocycles. The Kier molecular flexibility index (Phi) is 18.4. The van der Waals surface area contributed by atoms with E-state index in [0.717, 1.165) is 5.41 Å². The number of halogens is 1. The zero-order chi connectivity index (χ0) is 18.9. The summed E-state index contributed by atoms with van der Waals surface area (Å²) in [6.07, 6.45) is 26.8. The molecule has 3 rings (SSSR count). The predicted molar refractivity (Wildman–Crippen MR) is 116 cm³/mol. The van der Waals surface area contributed by atoms with E-state index in [2.05, 4.69) is 17.6 Å². The minimum Gasteiger partial charge on any atom is -1.00 e. The largest absolute Gasteiger partial charge is 1.00 e. The highest BCUT2D eigenvalue weighted by Gasteiger charge is 2.38. The van der Waals surface area contributed by atoms with Gasteiger partial charge in [-0.05, 0) is 50.7 Å². The normalized spacial score (nSPS) is 23.4. The number of quaternary nitrogens is 1. The van der Waals surface area contributed by atoms with Crippen molar-refractivity contribution < 1.29 is 18.1 Å². The van der Waals surface area contributed by atoms with Crippen molar-refractivity contribution in [2.75, 3.05) is 26.7 Å². The molecule has 27 heavy (non-hydrogen) atoms. The second-order valence-electron chi connectivity index (χ2n) is 8.94. The Morgan fingerprint density at radius 3 is 1.30 bits per heavy atom. The second-order valence-corrected chi connectivity index (χ2v) is 8.94. The SMILES string of the molecule is CCCCCCCCCCCCCCCCC12CCN(CC1)CC2.C[NH3+].[Cl-]. The summed E-state index contributed by atoms with van der Waals surface area (Å²) < 4.78 is 0. The van der Waals surface area contributed by atoms with Crippen LogP contribution in [0.4, 0.5) is 0 Å². The maximum Gasteiger partial charge on any atom is 0.0634 e. The standard InChI is InChI=1S/C23H45N.CH5N.ClH/c1-2-3-4-5-6-7-8-9-10-11-12-13-14-15-16-23-17-20-24(21-18-23)22-19-23;1-2;/h2-22H2,1H3;2H2,1H3;1H. The fourth-order valence-electron chi connectivity index (χ4n) is 4.97. The Morgan fingerprint density at radius 1 is 0.593 bits per heavy atom. The van der Waals surface area contributed by atoms with Crippen LogP contribution in [0.2, 0.25) is 0 Å². The summed E-state index contributed by atoms with van der Waals surface area (Å²) in [4.78, 5) is 2.67. The van der Waals surface area contributed by atoms with Gasteiger partial charge in [0, 0.05) is 0 Å². The van der Waals surface area contributed by atoms with Gasteiger partial charge in [-0.2, -0.15) is 0 Å². The summed E-state index contributed by atoms with van der Waals surface area (Å²) in [5.74, 6) is 0. The predicted octanol–water partition coefficient (Wildman–Crippen LogP) is 3.21. The van der Waals surface area contributed by atoms with Crippen LogP contribution < -0.4 is 18.1 Å². The van der Waals surface area contributed by atoms with E-state index in [4.69, 9.17) is 0 Å². The molecule has 164 valence electrons. The summed E-state index contributed by atoms with van der Waals surface area (Å²) in [5, 5.41) is 0. The topological polar surface area (TPSA) is 30.9 Å². The fourth-order valence-corrected chi connectivity index (χ4v) is 4.97. The molecule has 0 atom stereocenters. The maximum absolute atomic E-state index is 3.25. The third-order valence-corrected chi connectivity index (χ3v) is 6.94. The highest BCUT2D eigenvalue weighted by molar-refractivity contribution is 4.91. The van der Waals surface area contributed by atoms with Crippen molar-refractivity contribution in [3.63, 3.8) is 0 Å². The van der Waals surface area contributed by atoms with Crippen molar-refractivity contribution in [2.45, 2.75) is 122 Å². The van der Waals surface area contributed by atoms with Crippen LogP contribution in [-0.2, 0) is 0 Å². The third kappa shape index (κ3) is 12.4. The molecule has 0 aromatic heterocycles. The van der Waals surface area contributed by atoms with Gasteiger partial charge >= 0.3 is 0 Å². The second kappa shape index (κ2) is 18.3. The summed E-state index contributed by atoms with van der Waals surface area (Å²) in [6, 6.07) is 0. The molecule has 0 amide bonds. The molecule has 0 unspecified atom stereocenters. The molecular formula is C24H51ClN2. The molecule has 3 fully saturated rings. The van der Waals surface area contributed by atoms with Gasteiger partial charge in [-0.1, -0.05) is 96.8 Å². The van der Waals surface area contributed by atoms with E-state index in [-0.39, 0.29) is 12.4 Å². The quantitative estimate of drug-likeness (QED) is 0.419. The number of piperidine rings is 3. The van der Waals surface area contributed by atoms with Gasteiger partial charge in [-0.25, -0.2) is 0 Å². The number of nitrogens with zero attached hydrogens (tertiary/aromatic N) is 1. The molecule has 0 aliphatic carbocycles. The number of hydrogen-bond donors (Lipinski definition) is 1. The highest BCUT2D eigenvalue weighted by atomic mass is 35.5. The number of hydrogen-bond acceptors (Lipinski definition) is 1. The van der Waals surface area contributed by atoms with Gasteiger partial charge in [0.25, 0.3) is 0 Å². The molecule has 3 aliphatic rings. The van der Waals surface area contributed by atoms with Crippen molar-refractivity contribution in [3.05, 3.63) is 0 Å². The molecule has 3 heteroatoms. The summed E-state index contributed by atoms with van der Waals surface area (Å²) in [7, 11) is 1.75. The van der Waals surface area contributed by atoms with Gasteiger partial charge in [0.2, 0.25) is 0 Å². The molecule has 0 spiro atoms. The Labute approximate surface area is 177 Å². The van der Waals surface area contributed by atoms with Gasteiger partial charge in [0.05, 0.1) is 7.05 Å². The van der Waals surface area contributed by atoms with E-state index in [1.807, 2.05) is 0 Å². The first kappa shape index (κ1) is 27.2. The van der Waals surface area contributed by atoms with Crippen LogP contribution >= 0.6 is 0 Å². The van der Waals surface area contributed by atoms with Crippen LogP contribution in [0.15, 0.2) is 0 Å². The van der Waals surface area contributed by atoms with Gasteiger partial charge in [0.1, 0.15) is 0 Å². The Hall–Kier alpha value is 0.210. The Morgan fingerprint density at radius 2 is 0.926 bits per heavy atom. The zero-order valence-electron chi connectivity index (χ0n) is 18.9. The Balaban J connectivity index is 0.00000218. The first-order valence-corrected chi connectivity index (χ1v) is 12.3. The van der Waals surface area contributed by atoms with Crippen LogP contribution in [0, 0.1) is 5.41 Å². The molecule has 2 nitrogen and oxygen atoms in total. The minimum atomic E-state index is 0. The monoisotopic (exact) mass is 402 g/mol. The smallest absolute Gasteiger partial charge is 0.0634 e. The maximum atomic E-state index is 3.25. The minimum absolute atomic E-state index is 0. The van der Waals surface area contributed by atoms with Gasteiger partial charge in [-0.3, -0.25) is 0 Å². The molecule has 0 radical (unpaired) electrons. The fraction of sp³-hybridized carbons (Fsp3) is 1.00. The van der Waals surface area contributed by atoms with Crippen LogP contribution in [0.25, 0.3) is 0 Å². The molecular weight excluding hydrogens is 352 g/mol. The van der Waals surface area contributed by atoms with Crippen molar-refractivity contribution in [3.8, 4) is 0 Å². The molecule has 0 aromatic rings. The number of rotatable bonds is 15. The van der Waals surface area contributed by atoms with E-state index in [1.165, 1.54) is 129 Å². The summed E-state index contributed by atoms with van der Waals surface area (Å²) >= 11 is 0. The van der Waals surface area contributed by atoms with Gasteiger partial charge in [0.15, 0.2) is 0 Å². The molecule has 3 heterocycles. The lowest BCUT2D eigenvalue weighted by molar-refractivity contribution is -0.325. The van der Waals surface area contributed by atoms with E-state index in [0.29, 0.717) is 0 Å². The van der Waals surface area contributed by atoms with Crippen molar-refractivity contribution >= 4 is 0 Å². The number of unbranched alkanes of at least 4 members (excludes halogenated alkanes) is 13. The first-order valence-electron chi connectivity index (χ1n) is 12.3. The lowest BCUT2D eigenvalue weighted by Gasteiger charge is -2.48. The molecule has 3 aliphatic heterocycles. The Bertz CT molecular complexity index is 287. The molecule has 3 saturated heterocycles. The van der Waals surface area contributed by atoms with Crippen LogP contribution in [0.3, 0.4) is 0 Å².